The minimum absolute atomic E-state index is 0.0458. The average Bonchev–Trinajstić information content (AvgIpc) is 2.54. The van der Waals surface area contributed by atoms with Crippen LogP contribution in [0.15, 0.2) is 48.5 Å². The van der Waals surface area contributed by atoms with Gasteiger partial charge in [0.05, 0.1) is 0 Å². The van der Waals surface area contributed by atoms with Crippen molar-refractivity contribution in [1.29, 1.82) is 0 Å². The largest absolute Gasteiger partial charge is 0.484 e. The van der Waals surface area contributed by atoms with Crippen LogP contribution in [0.25, 0.3) is 0 Å². The summed E-state index contributed by atoms with van der Waals surface area (Å²) in [5.74, 6) is 0.364. The molecule has 24 heavy (non-hydrogen) atoms. The van der Waals surface area contributed by atoms with Gasteiger partial charge in [0.25, 0.3) is 5.91 Å². The van der Waals surface area contributed by atoms with Crippen molar-refractivity contribution < 1.29 is 14.3 Å². The highest BCUT2D eigenvalue weighted by Crippen LogP contribution is 2.17. The number of likely N-dealkylation sites (N-methyl/N-ethyl adjacent to an activating group) is 1. The molecule has 0 radical (unpaired) electrons. The van der Waals surface area contributed by atoms with Crippen LogP contribution in [-0.4, -0.2) is 25.1 Å². The highest BCUT2D eigenvalue weighted by atomic mass is 35.5. The predicted octanol–water partition coefficient (Wildman–Crippen LogP) is 3.50. The van der Waals surface area contributed by atoms with E-state index in [4.69, 9.17) is 16.3 Å². The number of nitrogens with one attached hydrogen (secondary N) is 3. The Balaban J connectivity index is 1.84. The maximum Gasteiger partial charge on any atom is 0.323 e. The molecule has 0 atom stereocenters. The van der Waals surface area contributed by atoms with Gasteiger partial charge in [-0.05, 0) is 49.4 Å². The number of halogens is 1. The van der Waals surface area contributed by atoms with E-state index < -0.39 is 0 Å². The molecule has 2 aromatic rings. The lowest BCUT2D eigenvalue weighted by Gasteiger charge is -2.09. The van der Waals surface area contributed by atoms with E-state index in [1.54, 1.807) is 48.5 Å². The number of anilines is 2. The fourth-order valence-corrected chi connectivity index (χ4v) is 2.08. The summed E-state index contributed by atoms with van der Waals surface area (Å²) in [5.41, 5.74) is 1.20. The molecule has 0 heterocycles. The molecule has 0 bridgehead atoms. The van der Waals surface area contributed by atoms with Gasteiger partial charge in [0.15, 0.2) is 6.61 Å². The van der Waals surface area contributed by atoms with Crippen LogP contribution in [-0.2, 0) is 4.79 Å². The number of amides is 3. The Morgan fingerprint density at radius 3 is 2.42 bits per heavy atom. The lowest BCUT2D eigenvalue weighted by atomic mass is 10.3. The van der Waals surface area contributed by atoms with Crippen molar-refractivity contribution in [2.75, 3.05) is 23.8 Å². The first-order valence-electron chi connectivity index (χ1n) is 7.40. The molecule has 126 valence electrons. The van der Waals surface area contributed by atoms with Gasteiger partial charge in [0.1, 0.15) is 5.75 Å². The fraction of sp³-hybridized carbons (Fsp3) is 0.176. The van der Waals surface area contributed by atoms with Gasteiger partial charge >= 0.3 is 6.03 Å². The molecule has 0 unspecified atom stereocenters. The molecule has 0 fully saturated rings. The molecule has 0 aliphatic heterocycles. The Bertz CT molecular complexity index is 704. The summed E-state index contributed by atoms with van der Waals surface area (Å²) in [6, 6.07) is 13.2. The third kappa shape index (κ3) is 5.81. The molecule has 2 rings (SSSR count). The first-order valence-corrected chi connectivity index (χ1v) is 7.77. The predicted molar refractivity (Wildman–Crippen MR) is 94.7 cm³/mol. The third-order valence-corrected chi connectivity index (χ3v) is 3.17. The second kappa shape index (κ2) is 8.79. The first-order chi connectivity index (χ1) is 11.6. The number of hydrogen-bond donors (Lipinski definition) is 3. The number of ether oxygens (including phenoxy) is 1. The van der Waals surface area contributed by atoms with Crippen LogP contribution in [0.2, 0.25) is 5.02 Å². The quantitative estimate of drug-likeness (QED) is 0.748. The van der Waals surface area contributed by atoms with E-state index in [1.807, 2.05) is 6.92 Å². The van der Waals surface area contributed by atoms with Crippen LogP contribution in [0.1, 0.15) is 6.92 Å². The molecule has 0 aliphatic rings. The van der Waals surface area contributed by atoms with E-state index in [0.717, 1.165) is 0 Å². The molecule has 6 nitrogen and oxygen atoms in total. The lowest BCUT2D eigenvalue weighted by Crippen LogP contribution is -2.28. The smallest absolute Gasteiger partial charge is 0.323 e. The van der Waals surface area contributed by atoms with Crippen molar-refractivity contribution in [2.24, 2.45) is 0 Å². The third-order valence-electron chi connectivity index (χ3n) is 2.94. The van der Waals surface area contributed by atoms with E-state index in [1.165, 1.54) is 0 Å². The number of hydrogen-bond acceptors (Lipinski definition) is 3. The van der Waals surface area contributed by atoms with Crippen molar-refractivity contribution in [3.63, 3.8) is 0 Å². The van der Waals surface area contributed by atoms with Crippen molar-refractivity contribution in [2.45, 2.75) is 6.92 Å². The number of carbonyl (C=O) groups excluding carboxylic acids is 2. The first kappa shape index (κ1) is 17.6. The summed E-state index contributed by atoms with van der Waals surface area (Å²) < 4.78 is 5.33. The van der Waals surface area contributed by atoms with Gasteiger partial charge in [-0.1, -0.05) is 17.7 Å². The molecule has 0 aliphatic carbocycles. The van der Waals surface area contributed by atoms with Crippen LogP contribution in [0.3, 0.4) is 0 Å². The van der Waals surface area contributed by atoms with Crippen molar-refractivity contribution in [3.05, 3.63) is 53.6 Å². The Labute approximate surface area is 145 Å². The topological polar surface area (TPSA) is 79.5 Å². The van der Waals surface area contributed by atoms with Crippen LogP contribution in [0, 0.1) is 0 Å². The van der Waals surface area contributed by atoms with Gasteiger partial charge in [-0.25, -0.2) is 4.79 Å². The molecular weight excluding hydrogens is 330 g/mol. The Morgan fingerprint density at radius 2 is 1.75 bits per heavy atom. The minimum atomic E-state index is -0.381. The molecule has 3 amide bonds. The van der Waals surface area contributed by atoms with Crippen LogP contribution < -0.4 is 20.7 Å². The molecule has 0 saturated heterocycles. The van der Waals surface area contributed by atoms with E-state index in [2.05, 4.69) is 16.0 Å². The lowest BCUT2D eigenvalue weighted by molar-refractivity contribution is -0.122. The van der Waals surface area contributed by atoms with Gasteiger partial charge in [-0.15, -0.1) is 0 Å². The standard InChI is InChI=1S/C17H18ClN3O3/c1-2-19-16(22)11-24-15-8-6-13(7-9-15)20-17(23)21-14-5-3-4-12(18)10-14/h3-10H,2,11H2,1H3,(H,19,22)(H2,20,21,23). The summed E-state index contributed by atoms with van der Waals surface area (Å²) in [6.07, 6.45) is 0. The monoisotopic (exact) mass is 347 g/mol. The maximum atomic E-state index is 11.9. The highest BCUT2D eigenvalue weighted by molar-refractivity contribution is 6.30. The maximum absolute atomic E-state index is 11.9. The molecule has 0 spiro atoms. The van der Waals surface area contributed by atoms with Crippen LogP contribution in [0.4, 0.5) is 16.2 Å². The average molecular weight is 348 g/mol. The van der Waals surface area contributed by atoms with Gasteiger partial charge in [-0.2, -0.15) is 0 Å². The van der Waals surface area contributed by atoms with Gasteiger partial charge in [0, 0.05) is 22.9 Å². The Hall–Kier alpha value is -2.73. The fourth-order valence-electron chi connectivity index (χ4n) is 1.89. The minimum Gasteiger partial charge on any atom is -0.484 e. The Morgan fingerprint density at radius 1 is 1.04 bits per heavy atom. The van der Waals surface area contributed by atoms with Crippen molar-refractivity contribution >= 4 is 34.9 Å². The summed E-state index contributed by atoms with van der Waals surface area (Å²) in [6.45, 7) is 2.36. The Kier molecular flexibility index (Phi) is 6.45. The van der Waals surface area contributed by atoms with Crippen LogP contribution >= 0.6 is 11.6 Å². The van der Waals surface area contributed by atoms with E-state index >= 15 is 0 Å². The van der Waals surface area contributed by atoms with Crippen molar-refractivity contribution in [1.82, 2.24) is 5.32 Å². The summed E-state index contributed by atoms with van der Waals surface area (Å²) >= 11 is 5.86. The number of benzene rings is 2. The molecule has 7 heteroatoms. The molecule has 0 aromatic heterocycles. The second-order valence-corrected chi connectivity index (χ2v) is 5.29. The zero-order valence-corrected chi connectivity index (χ0v) is 13.9. The number of carbonyl (C=O) groups is 2. The number of urea groups is 1. The molecular formula is C17H18ClN3O3. The normalized spacial score (nSPS) is 9.92. The SMILES string of the molecule is CCNC(=O)COc1ccc(NC(=O)Nc2cccc(Cl)c2)cc1. The van der Waals surface area contributed by atoms with Gasteiger partial charge in [-0.3, -0.25) is 4.79 Å². The molecule has 2 aromatic carbocycles. The zero-order valence-electron chi connectivity index (χ0n) is 13.1. The molecule has 3 N–H and O–H groups in total. The van der Waals surface area contributed by atoms with Gasteiger partial charge in [0.2, 0.25) is 0 Å². The van der Waals surface area contributed by atoms with Gasteiger partial charge < -0.3 is 20.7 Å². The summed E-state index contributed by atoms with van der Waals surface area (Å²) in [7, 11) is 0. The van der Waals surface area contributed by atoms with E-state index in [-0.39, 0.29) is 18.5 Å². The zero-order chi connectivity index (χ0) is 17.4. The van der Waals surface area contributed by atoms with Crippen molar-refractivity contribution in [3.8, 4) is 5.75 Å². The molecule has 0 saturated carbocycles. The van der Waals surface area contributed by atoms with Crippen LogP contribution in [0.5, 0.6) is 5.75 Å². The summed E-state index contributed by atoms with van der Waals surface area (Å²) in [5, 5.41) is 8.56. The summed E-state index contributed by atoms with van der Waals surface area (Å²) in [4.78, 5) is 23.2. The van der Waals surface area contributed by atoms with E-state index in [9.17, 15) is 9.59 Å². The highest BCUT2D eigenvalue weighted by Gasteiger charge is 2.04. The second-order valence-electron chi connectivity index (χ2n) is 4.86. The number of rotatable bonds is 6. The van der Waals surface area contributed by atoms with E-state index in [0.29, 0.717) is 28.7 Å².